The molecule has 2 rings (SSSR count). The fourth-order valence-corrected chi connectivity index (χ4v) is 2.12. The van der Waals surface area contributed by atoms with E-state index in [-0.39, 0.29) is 29.8 Å². The van der Waals surface area contributed by atoms with Crippen LogP contribution in [0, 0.1) is 0 Å². The Morgan fingerprint density at radius 3 is 2.14 bits per heavy atom. The van der Waals surface area contributed by atoms with Gasteiger partial charge in [-0.15, -0.1) is 0 Å². The molecule has 2 N–H and O–H groups in total. The molecule has 0 saturated heterocycles. The highest BCUT2D eigenvalue weighted by Crippen LogP contribution is 2.18. The summed E-state index contributed by atoms with van der Waals surface area (Å²) in [5.41, 5.74) is 0.960. The van der Waals surface area contributed by atoms with Crippen LogP contribution in [0.3, 0.4) is 0 Å². The van der Waals surface area contributed by atoms with Crippen molar-refractivity contribution in [3.05, 3.63) is 70.8 Å². The lowest BCUT2D eigenvalue weighted by molar-refractivity contribution is -0.136. The van der Waals surface area contributed by atoms with Crippen molar-refractivity contribution in [3.63, 3.8) is 0 Å². The lowest BCUT2D eigenvalue weighted by Gasteiger charge is -2.08. The van der Waals surface area contributed by atoms with E-state index in [4.69, 9.17) is 5.11 Å². The molecule has 0 aromatic heterocycles. The number of carboxylic acids is 2. The summed E-state index contributed by atoms with van der Waals surface area (Å²) in [6.45, 7) is 0. The number of ketones is 1. The minimum absolute atomic E-state index is 0.0922. The molecule has 0 amide bonds. The van der Waals surface area contributed by atoms with Gasteiger partial charge in [-0.1, -0.05) is 36.4 Å². The molecule has 112 valence electrons. The summed E-state index contributed by atoms with van der Waals surface area (Å²) in [4.78, 5) is 34.4. The minimum atomic E-state index is -1.21. The van der Waals surface area contributed by atoms with Crippen LogP contribution in [0.1, 0.15) is 38.3 Å². The number of carboxylic acid groups (broad SMARTS) is 2. The fourth-order valence-electron chi connectivity index (χ4n) is 2.12. The van der Waals surface area contributed by atoms with Gasteiger partial charge in [0.2, 0.25) is 0 Å². The standard InChI is InChI=1S/C17H14O5/c18-15(19)9-7-11-6-8-13(14(10-11)17(21)22)16(20)12-4-2-1-3-5-12/h1-6,8,10H,7,9H2,(H,18,19)(H,21,22). The largest absolute Gasteiger partial charge is 0.481 e. The number of aromatic carboxylic acids is 1. The van der Waals surface area contributed by atoms with Gasteiger partial charge in [0.1, 0.15) is 0 Å². The molecule has 22 heavy (non-hydrogen) atoms. The third-order valence-corrected chi connectivity index (χ3v) is 3.22. The lowest BCUT2D eigenvalue weighted by Crippen LogP contribution is -2.10. The Bertz CT molecular complexity index is 719. The predicted octanol–water partition coefficient (Wildman–Crippen LogP) is 2.63. The van der Waals surface area contributed by atoms with Crippen LogP contribution in [-0.4, -0.2) is 27.9 Å². The Morgan fingerprint density at radius 1 is 0.864 bits per heavy atom. The molecule has 5 nitrogen and oxygen atoms in total. The third-order valence-electron chi connectivity index (χ3n) is 3.22. The summed E-state index contributed by atoms with van der Waals surface area (Å²) in [6, 6.07) is 12.8. The Labute approximate surface area is 126 Å². The molecule has 5 heteroatoms. The van der Waals surface area contributed by atoms with E-state index in [1.54, 1.807) is 36.4 Å². The summed E-state index contributed by atoms with van der Waals surface area (Å²) in [7, 11) is 0. The second kappa shape index (κ2) is 6.67. The van der Waals surface area contributed by atoms with Gasteiger partial charge in [-0.2, -0.15) is 0 Å². The summed E-state index contributed by atoms with van der Waals surface area (Å²) in [5, 5.41) is 18.0. The number of rotatable bonds is 6. The van der Waals surface area contributed by atoms with Crippen LogP contribution < -0.4 is 0 Å². The topological polar surface area (TPSA) is 91.7 Å². The highest BCUT2D eigenvalue weighted by molar-refractivity contribution is 6.14. The summed E-state index contributed by atoms with van der Waals surface area (Å²) < 4.78 is 0. The maximum absolute atomic E-state index is 12.4. The molecule has 0 saturated carbocycles. The van der Waals surface area contributed by atoms with Crippen LogP contribution in [0.4, 0.5) is 0 Å². The minimum Gasteiger partial charge on any atom is -0.481 e. The Balaban J connectivity index is 2.37. The molecule has 0 fully saturated rings. The Hall–Kier alpha value is -2.95. The van der Waals surface area contributed by atoms with Crippen molar-refractivity contribution in [1.29, 1.82) is 0 Å². The molecule has 0 aliphatic heterocycles. The molecule has 2 aromatic rings. The van der Waals surface area contributed by atoms with Crippen molar-refractivity contribution in [2.24, 2.45) is 0 Å². The van der Waals surface area contributed by atoms with Crippen LogP contribution >= 0.6 is 0 Å². The van der Waals surface area contributed by atoms with Gasteiger partial charge >= 0.3 is 11.9 Å². The number of aliphatic carboxylic acids is 1. The van der Waals surface area contributed by atoms with Crippen molar-refractivity contribution in [2.45, 2.75) is 12.8 Å². The zero-order valence-corrected chi connectivity index (χ0v) is 11.7. The summed E-state index contributed by atoms with van der Waals surface area (Å²) >= 11 is 0. The van der Waals surface area contributed by atoms with Crippen molar-refractivity contribution in [1.82, 2.24) is 0 Å². The first-order chi connectivity index (χ1) is 10.5. The first-order valence-electron chi connectivity index (χ1n) is 6.67. The smallest absolute Gasteiger partial charge is 0.336 e. The second-order valence-electron chi connectivity index (χ2n) is 4.77. The third kappa shape index (κ3) is 3.58. The van der Waals surface area contributed by atoms with E-state index in [0.717, 1.165) is 0 Å². The number of hydrogen-bond acceptors (Lipinski definition) is 3. The van der Waals surface area contributed by atoms with Crippen LogP contribution in [0.5, 0.6) is 0 Å². The first-order valence-corrected chi connectivity index (χ1v) is 6.67. The normalized spacial score (nSPS) is 10.2. The van der Waals surface area contributed by atoms with E-state index in [9.17, 15) is 19.5 Å². The van der Waals surface area contributed by atoms with E-state index in [0.29, 0.717) is 11.1 Å². The maximum Gasteiger partial charge on any atom is 0.336 e. The monoisotopic (exact) mass is 298 g/mol. The van der Waals surface area contributed by atoms with Crippen molar-refractivity contribution in [2.75, 3.05) is 0 Å². The average molecular weight is 298 g/mol. The highest BCUT2D eigenvalue weighted by atomic mass is 16.4. The molecular formula is C17H14O5. The number of carbonyl (C=O) groups excluding carboxylic acids is 1. The number of aryl methyl sites for hydroxylation is 1. The van der Waals surface area contributed by atoms with Gasteiger partial charge in [0.05, 0.1) is 5.56 Å². The van der Waals surface area contributed by atoms with E-state index in [2.05, 4.69) is 0 Å². The number of carbonyl (C=O) groups is 3. The molecule has 0 aliphatic carbocycles. The van der Waals surface area contributed by atoms with E-state index in [1.807, 2.05) is 0 Å². The predicted molar refractivity (Wildman–Crippen MR) is 79.2 cm³/mol. The number of hydrogen-bond donors (Lipinski definition) is 2. The Kier molecular flexibility index (Phi) is 4.68. The van der Waals surface area contributed by atoms with E-state index >= 15 is 0 Å². The quantitative estimate of drug-likeness (QED) is 0.800. The Morgan fingerprint density at radius 2 is 1.55 bits per heavy atom. The maximum atomic E-state index is 12.4. The lowest BCUT2D eigenvalue weighted by atomic mass is 9.95. The SMILES string of the molecule is O=C(O)CCc1ccc(C(=O)c2ccccc2)c(C(=O)O)c1. The van der Waals surface area contributed by atoms with Crippen LogP contribution in [0.2, 0.25) is 0 Å². The van der Waals surface area contributed by atoms with E-state index in [1.165, 1.54) is 12.1 Å². The molecular weight excluding hydrogens is 284 g/mol. The zero-order chi connectivity index (χ0) is 16.1. The molecule has 0 unspecified atom stereocenters. The van der Waals surface area contributed by atoms with Gasteiger partial charge in [0.25, 0.3) is 0 Å². The molecule has 0 radical (unpaired) electrons. The average Bonchev–Trinajstić information content (AvgIpc) is 2.52. The summed E-state index contributed by atoms with van der Waals surface area (Å²) in [5.74, 6) is -2.54. The van der Waals surface area contributed by atoms with Crippen molar-refractivity contribution in [3.8, 4) is 0 Å². The summed E-state index contributed by atoms with van der Waals surface area (Å²) in [6.07, 6.45) is 0.125. The number of benzene rings is 2. The highest BCUT2D eigenvalue weighted by Gasteiger charge is 2.18. The first kappa shape index (κ1) is 15.4. The van der Waals surface area contributed by atoms with Gasteiger partial charge in [-0.3, -0.25) is 9.59 Å². The van der Waals surface area contributed by atoms with Gasteiger partial charge in [-0.25, -0.2) is 4.79 Å². The van der Waals surface area contributed by atoms with E-state index < -0.39 is 11.9 Å². The zero-order valence-electron chi connectivity index (χ0n) is 11.7. The van der Waals surface area contributed by atoms with Crippen LogP contribution in [-0.2, 0) is 11.2 Å². The van der Waals surface area contributed by atoms with Gasteiger partial charge in [0, 0.05) is 17.5 Å². The van der Waals surface area contributed by atoms with Crippen molar-refractivity contribution < 1.29 is 24.6 Å². The molecule has 0 spiro atoms. The molecule has 0 heterocycles. The van der Waals surface area contributed by atoms with Gasteiger partial charge in [0.15, 0.2) is 5.78 Å². The van der Waals surface area contributed by atoms with Gasteiger partial charge in [-0.05, 0) is 24.1 Å². The van der Waals surface area contributed by atoms with Gasteiger partial charge < -0.3 is 10.2 Å². The molecule has 2 aromatic carbocycles. The molecule has 0 bridgehead atoms. The second-order valence-corrected chi connectivity index (χ2v) is 4.77. The van der Waals surface area contributed by atoms with Crippen LogP contribution in [0.25, 0.3) is 0 Å². The van der Waals surface area contributed by atoms with Crippen molar-refractivity contribution >= 4 is 17.7 Å². The molecule has 0 atom stereocenters. The van der Waals surface area contributed by atoms with Crippen LogP contribution in [0.15, 0.2) is 48.5 Å². The fraction of sp³-hybridized carbons (Fsp3) is 0.118. The molecule has 0 aliphatic rings.